The minimum absolute atomic E-state index is 0.0412. The number of hydrogen-bond donors (Lipinski definition) is 2. The van der Waals surface area contributed by atoms with Crippen LogP contribution in [-0.4, -0.2) is 67.5 Å². The van der Waals surface area contributed by atoms with Gasteiger partial charge in [0.1, 0.15) is 6.61 Å². The molecule has 82 valence electrons. The molecule has 0 atom stereocenters. The van der Waals surface area contributed by atoms with Gasteiger partial charge in [-0.2, -0.15) is 0 Å². The van der Waals surface area contributed by atoms with Crippen molar-refractivity contribution in [2.75, 3.05) is 46.4 Å². The van der Waals surface area contributed by atoms with Crippen LogP contribution in [0.1, 0.15) is 0 Å². The van der Waals surface area contributed by atoms with E-state index in [1.54, 1.807) is 0 Å². The molecule has 0 aromatic rings. The molecule has 6 nitrogen and oxygen atoms in total. The van der Waals surface area contributed by atoms with Crippen LogP contribution in [0.3, 0.4) is 0 Å². The fourth-order valence-corrected chi connectivity index (χ4v) is 1.22. The summed E-state index contributed by atoms with van der Waals surface area (Å²) in [6.07, 6.45) is -0.497. The van der Waals surface area contributed by atoms with Gasteiger partial charge in [0.25, 0.3) is 0 Å². The number of nitrogens with zero attached hydrogens (tertiary/aromatic N) is 2. The Labute approximate surface area is 83.4 Å². The Morgan fingerprint density at radius 3 is 2.64 bits per heavy atom. The number of ether oxygens (including phenoxy) is 1. The van der Waals surface area contributed by atoms with Gasteiger partial charge in [-0.15, -0.1) is 0 Å². The molecule has 1 amide bonds. The van der Waals surface area contributed by atoms with E-state index in [4.69, 9.17) is 5.11 Å². The van der Waals surface area contributed by atoms with E-state index in [-0.39, 0.29) is 13.2 Å². The number of carbonyl (C=O) groups excluding carboxylic acids is 1. The van der Waals surface area contributed by atoms with Crippen LogP contribution in [0.15, 0.2) is 0 Å². The third-order valence-electron chi connectivity index (χ3n) is 2.08. The summed E-state index contributed by atoms with van der Waals surface area (Å²) in [7, 11) is 2.04. The van der Waals surface area contributed by atoms with Gasteiger partial charge < -0.3 is 14.7 Å². The van der Waals surface area contributed by atoms with Crippen molar-refractivity contribution in [3.05, 3.63) is 0 Å². The molecular formula is C8H17N3O3. The fourth-order valence-electron chi connectivity index (χ4n) is 1.22. The lowest BCUT2D eigenvalue weighted by Crippen LogP contribution is -2.52. The van der Waals surface area contributed by atoms with Crippen molar-refractivity contribution in [3.8, 4) is 0 Å². The summed E-state index contributed by atoms with van der Waals surface area (Å²) in [6, 6.07) is 0. The minimum Gasteiger partial charge on any atom is -0.446 e. The maximum Gasteiger partial charge on any atom is 0.421 e. The number of rotatable bonds is 3. The summed E-state index contributed by atoms with van der Waals surface area (Å²) in [4.78, 5) is 13.2. The molecule has 0 aromatic carbocycles. The predicted molar refractivity (Wildman–Crippen MR) is 50.6 cm³/mol. The van der Waals surface area contributed by atoms with Crippen molar-refractivity contribution in [1.29, 1.82) is 0 Å². The van der Waals surface area contributed by atoms with E-state index >= 15 is 0 Å². The van der Waals surface area contributed by atoms with Crippen LogP contribution in [0.2, 0.25) is 0 Å². The van der Waals surface area contributed by atoms with Crippen molar-refractivity contribution in [2.24, 2.45) is 0 Å². The van der Waals surface area contributed by atoms with Gasteiger partial charge in [0, 0.05) is 26.2 Å². The summed E-state index contributed by atoms with van der Waals surface area (Å²) in [5.74, 6) is 0. The van der Waals surface area contributed by atoms with Crippen LogP contribution in [0, 0.1) is 0 Å². The monoisotopic (exact) mass is 203 g/mol. The zero-order chi connectivity index (χ0) is 10.4. The van der Waals surface area contributed by atoms with Crippen LogP contribution < -0.4 is 5.43 Å². The SMILES string of the molecule is CN1CCN(NC(=O)OCCO)CC1. The summed E-state index contributed by atoms with van der Waals surface area (Å²) in [6.45, 7) is 3.35. The van der Waals surface area contributed by atoms with Crippen LogP contribution in [0.25, 0.3) is 0 Å². The minimum atomic E-state index is -0.497. The second-order valence-electron chi connectivity index (χ2n) is 3.26. The van der Waals surface area contributed by atoms with E-state index in [2.05, 4.69) is 15.1 Å². The molecule has 1 rings (SSSR count). The van der Waals surface area contributed by atoms with Gasteiger partial charge in [-0.3, -0.25) is 5.43 Å². The van der Waals surface area contributed by atoms with Crippen LogP contribution in [0.4, 0.5) is 4.79 Å². The van der Waals surface area contributed by atoms with Crippen molar-refractivity contribution in [2.45, 2.75) is 0 Å². The third kappa shape index (κ3) is 3.91. The van der Waals surface area contributed by atoms with Gasteiger partial charge in [-0.05, 0) is 7.05 Å². The maximum absolute atomic E-state index is 11.1. The van der Waals surface area contributed by atoms with Crippen molar-refractivity contribution < 1.29 is 14.6 Å². The predicted octanol–water partition coefficient (Wildman–Crippen LogP) is -1.13. The van der Waals surface area contributed by atoms with Gasteiger partial charge in [0.05, 0.1) is 6.61 Å². The van der Waals surface area contributed by atoms with E-state index in [0.717, 1.165) is 26.2 Å². The molecule has 0 bridgehead atoms. The smallest absolute Gasteiger partial charge is 0.421 e. The number of aliphatic hydroxyl groups is 1. The molecule has 1 saturated heterocycles. The Morgan fingerprint density at radius 1 is 1.43 bits per heavy atom. The van der Waals surface area contributed by atoms with Gasteiger partial charge >= 0.3 is 6.09 Å². The zero-order valence-electron chi connectivity index (χ0n) is 8.40. The summed E-state index contributed by atoms with van der Waals surface area (Å²) >= 11 is 0. The van der Waals surface area contributed by atoms with Gasteiger partial charge in [-0.1, -0.05) is 0 Å². The molecule has 6 heteroatoms. The topological polar surface area (TPSA) is 65.0 Å². The van der Waals surface area contributed by atoms with E-state index in [1.165, 1.54) is 0 Å². The van der Waals surface area contributed by atoms with Crippen LogP contribution >= 0.6 is 0 Å². The average molecular weight is 203 g/mol. The largest absolute Gasteiger partial charge is 0.446 e. The number of carbonyl (C=O) groups is 1. The summed E-state index contributed by atoms with van der Waals surface area (Å²) in [5, 5.41) is 10.2. The molecule has 1 fully saturated rings. The lowest BCUT2D eigenvalue weighted by Gasteiger charge is -2.31. The molecule has 0 aliphatic carbocycles. The lowest BCUT2D eigenvalue weighted by molar-refractivity contribution is 0.0677. The highest BCUT2D eigenvalue weighted by Crippen LogP contribution is 1.95. The molecule has 1 aliphatic rings. The molecule has 0 aromatic heterocycles. The molecular weight excluding hydrogens is 186 g/mol. The number of nitrogens with one attached hydrogen (secondary N) is 1. The fraction of sp³-hybridized carbons (Fsp3) is 0.875. The number of likely N-dealkylation sites (N-methyl/N-ethyl adjacent to an activating group) is 1. The first-order valence-corrected chi connectivity index (χ1v) is 4.70. The van der Waals surface area contributed by atoms with Crippen LogP contribution in [0.5, 0.6) is 0 Å². The highest BCUT2D eigenvalue weighted by atomic mass is 16.6. The molecule has 1 heterocycles. The van der Waals surface area contributed by atoms with Crippen molar-refractivity contribution in [1.82, 2.24) is 15.3 Å². The Kier molecular flexibility index (Phi) is 4.64. The zero-order valence-corrected chi connectivity index (χ0v) is 8.40. The number of piperazine rings is 1. The lowest BCUT2D eigenvalue weighted by atomic mass is 10.4. The standard InChI is InChI=1S/C8H17N3O3/c1-10-2-4-11(5-3-10)9-8(13)14-7-6-12/h12H,2-7H2,1H3,(H,9,13). The quantitative estimate of drug-likeness (QED) is 0.607. The summed E-state index contributed by atoms with van der Waals surface area (Å²) in [5.41, 5.74) is 2.61. The number of hydrazine groups is 1. The maximum atomic E-state index is 11.1. The molecule has 14 heavy (non-hydrogen) atoms. The van der Waals surface area contributed by atoms with Crippen molar-refractivity contribution >= 4 is 6.09 Å². The van der Waals surface area contributed by atoms with Crippen LogP contribution in [-0.2, 0) is 4.74 Å². The Hall–Kier alpha value is -0.850. The first-order valence-electron chi connectivity index (χ1n) is 4.70. The second-order valence-corrected chi connectivity index (χ2v) is 3.26. The first-order chi connectivity index (χ1) is 6.72. The van der Waals surface area contributed by atoms with Gasteiger partial charge in [-0.25, -0.2) is 9.80 Å². The Morgan fingerprint density at radius 2 is 2.07 bits per heavy atom. The highest BCUT2D eigenvalue weighted by molar-refractivity contribution is 5.66. The second kappa shape index (κ2) is 5.79. The first kappa shape index (κ1) is 11.2. The normalized spacial score (nSPS) is 19.3. The summed E-state index contributed by atoms with van der Waals surface area (Å²) < 4.78 is 4.67. The van der Waals surface area contributed by atoms with E-state index in [1.807, 2.05) is 12.1 Å². The molecule has 0 unspecified atom stereocenters. The van der Waals surface area contributed by atoms with Gasteiger partial charge in [0.2, 0.25) is 0 Å². The molecule has 0 spiro atoms. The number of hydrogen-bond acceptors (Lipinski definition) is 5. The van der Waals surface area contributed by atoms with E-state index in [9.17, 15) is 4.79 Å². The third-order valence-corrected chi connectivity index (χ3v) is 2.08. The van der Waals surface area contributed by atoms with Crippen molar-refractivity contribution in [3.63, 3.8) is 0 Å². The Balaban J connectivity index is 2.14. The molecule has 0 radical (unpaired) electrons. The number of amides is 1. The average Bonchev–Trinajstić information content (AvgIpc) is 2.18. The Bertz CT molecular complexity index is 181. The van der Waals surface area contributed by atoms with E-state index in [0.29, 0.717) is 0 Å². The van der Waals surface area contributed by atoms with E-state index < -0.39 is 6.09 Å². The highest BCUT2D eigenvalue weighted by Gasteiger charge is 2.15. The number of aliphatic hydroxyl groups excluding tert-OH is 1. The molecule has 1 aliphatic heterocycles. The molecule has 0 saturated carbocycles. The van der Waals surface area contributed by atoms with Gasteiger partial charge in [0.15, 0.2) is 0 Å². The molecule has 2 N–H and O–H groups in total.